The van der Waals surface area contributed by atoms with Crippen LogP contribution in [0.4, 0.5) is 0 Å². The molecule has 0 aromatic heterocycles. The first kappa shape index (κ1) is 15.6. The summed E-state index contributed by atoms with van der Waals surface area (Å²) in [5, 5.41) is 7.00. The van der Waals surface area contributed by atoms with Crippen molar-refractivity contribution in [3.05, 3.63) is 35.4 Å². The molecule has 1 heteroatoms. The van der Waals surface area contributed by atoms with Crippen molar-refractivity contribution >= 4 is 0 Å². The predicted molar refractivity (Wildman–Crippen MR) is 64.8 cm³/mol. The van der Waals surface area contributed by atoms with E-state index in [1.54, 1.807) is 0 Å². The zero-order valence-electron chi connectivity index (χ0n) is 10.3. The number of hydrogen-bond donors (Lipinski definition) is 1. The molecule has 1 aromatic rings. The van der Waals surface area contributed by atoms with Crippen molar-refractivity contribution in [2.75, 3.05) is 7.11 Å². The summed E-state index contributed by atoms with van der Waals surface area (Å²) in [6.07, 6.45) is 0. The van der Waals surface area contributed by atoms with Gasteiger partial charge in [0.25, 0.3) is 0 Å². The molecular weight excluding hydrogens is 172 g/mol. The summed E-state index contributed by atoms with van der Waals surface area (Å²) in [6, 6.07) is 8.71. The Morgan fingerprint density at radius 1 is 0.929 bits per heavy atom. The summed E-state index contributed by atoms with van der Waals surface area (Å²) in [5.41, 5.74) is 2.76. The van der Waals surface area contributed by atoms with Gasteiger partial charge in [-0.25, -0.2) is 0 Å². The third kappa shape index (κ3) is 6.67. The molecule has 0 fully saturated rings. The van der Waals surface area contributed by atoms with Crippen molar-refractivity contribution < 1.29 is 5.11 Å². The maximum Gasteiger partial charge on any atom is 0.0319 e. The quantitative estimate of drug-likeness (QED) is 0.725. The molecule has 1 nitrogen and oxygen atoms in total. The van der Waals surface area contributed by atoms with Crippen LogP contribution in [0.15, 0.2) is 24.3 Å². The normalized spacial score (nSPS) is 8.29. The van der Waals surface area contributed by atoms with E-state index in [1.807, 2.05) is 13.8 Å². The molecule has 0 radical (unpaired) electrons. The first-order chi connectivity index (χ1) is 6.70. The fourth-order valence-electron chi connectivity index (χ4n) is 0.951. The Morgan fingerprint density at radius 2 is 1.29 bits per heavy atom. The number of benzene rings is 1. The van der Waals surface area contributed by atoms with Crippen LogP contribution in [0, 0.1) is 6.92 Å². The second kappa shape index (κ2) is 10.3. The average molecular weight is 196 g/mol. The largest absolute Gasteiger partial charge is 0.400 e. The lowest BCUT2D eigenvalue weighted by molar-refractivity contribution is 0.399. The van der Waals surface area contributed by atoms with Crippen LogP contribution in [-0.2, 0) is 0 Å². The highest BCUT2D eigenvalue weighted by atomic mass is 16.2. The third-order valence-electron chi connectivity index (χ3n) is 1.74. The first-order valence-corrected chi connectivity index (χ1v) is 5.21. The lowest BCUT2D eigenvalue weighted by Crippen LogP contribution is -1.85. The van der Waals surface area contributed by atoms with Gasteiger partial charge in [-0.1, -0.05) is 57.5 Å². The van der Waals surface area contributed by atoms with E-state index in [4.69, 9.17) is 5.11 Å². The van der Waals surface area contributed by atoms with Gasteiger partial charge >= 0.3 is 0 Å². The smallest absolute Gasteiger partial charge is 0.0319 e. The molecule has 0 bridgehead atoms. The van der Waals surface area contributed by atoms with E-state index < -0.39 is 0 Å². The summed E-state index contributed by atoms with van der Waals surface area (Å²) in [5.74, 6) is 0.653. The van der Waals surface area contributed by atoms with Crippen LogP contribution in [0.2, 0.25) is 0 Å². The van der Waals surface area contributed by atoms with Crippen LogP contribution in [0.1, 0.15) is 44.7 Å². The Labute approximate surface area is 88.8 Å². The fraction of sp³-hybridized carbons (Fsp3) is 0.538. The predicted octanol–water partition coefficient (Wildman–Crippen LogP) is 3.75. The number of aliphatic hydroxyl groups excluding tert-OH is 1. The lowest BCUT2D eigenvalue weighted by Gasteiger charge is -2.03. The van der Waals surface area contributed by atoms with Gasteiger partial charge < -0.3 is 5.11 Å². The highest BCUT2D eigenvalue weighted by molar-refractivity contribution is 5.23. The molecule has 0 saturated carbocycles. The molecule has 0 aliphatic rings. The minimum absolute atomic E-state index is 0.653. The molecule has 0 amide bonds. The van der Waals surface area contributed by atoms with Crippen molar-refractivity contribution in [2.24, 2.45) is 0 Å². The monoisotopic (exact) mass is 196 g/mol. The van der Waals surface area contributed by atoms with Crippen LogP contribution < -0.4 is 0 Å². The van der Waals surface area contributed by atoms with Gasteiger partial charge in [0.05, 0.1) is 0 Å². The van der Waals surface area contributed by atoms with Crippen molar-refractivity contribution in [1.29, 1.82) is 0 Å². The van der Waals surface area contributed by atoms with Gasteiger partial charge in [-0.3, -0.25) is 0 Å². The van der Waals surface area contributed by atoms with Crippen LogP contribution >= 0.6 is 0 Å². The molecular formula is C13H24O. The number of aryl methyl sites for hydroxylation is 1. The summed E-state index contributed by atoms with van der Waals surface area (Å²) < 4.78 is 0. The molecule has 0 spiro atoms. The van der Waals surface area contributed by atoms with E-state index in [0.29, 0.717) is 5.92 Å². The van der Waals surface area contributed by atoms with Crippen LogP contribution in [0.3, 0.4) is 0 Å². The molecule has 14 heavy (non-hydrogen) atoms. The Morgan fingerprint density at radius 3 is 1.57 bits per heavy atom. The molecule has 0 atom stereocenters. The minimum Gasteiger partial charge on any atom is -0.400 e. The topological polar surface area (TPSA) is 20.2 Å². The van der Waals surface area contributed by atoms with E-state index >= 15 is 0 Å². The summed E-state index contributed by atoms with van der Waals surface area (Å²) >= 11 is 0. The third-order valence-corrected chi connectivity index (χ3v) is 1.74. The van der Waals surface area contributed by atoms with Gasteiger partial charge in [-0.2, -0.15) is 0 Å². The fourth-order valence-corrected chi connectivity index (χ4v) is 0.951. The minimum atomic E-state index is 0.653. The van der Waals surface area contributed by atoms with Crippen molar-refractivity contribution in [3.63, 3.8) is 0 Å². The molecule has 0 aliphatic heterocycles. The molecule has 0 saturated heterocycles. The van der Waals surface area contributed by atoms with E-state index in [9.17, 15) is 0 Å². The van der Waals surface area contributed by atoms with E-state index in [2.05, 4.69) is 45.0 Å². The standard InChI is InChI=1S/C10H14.C2H6.CH4O/c1-8(2)10-6-4-9(3)5-7-10;2*1-2/h4-8H,1-3H3;1-2H3;2H,1H3. The molecule has 0 aliphatic carbocycles. The van der Waals surface area contributed by atoms with Gasteiger partial charge in [-0.05, 0) is 18.4 Å². The molecule has 1 N–H and O–H groups in total. The van der Waals surface area contributed by atoms with Crippen molar-refractivity contribution in [3.8, 4) is 0 Å². The zero-order valence-corrected chi connectivity index (χ0v) is 10.3. The highest BCUT2D eigenvalue weighted by Gasteiger charge is 1.95. The molecule has 0 heterocycles. The number of aliphatic hydroxyl groups is 1. The molecule has 82 valence electrons. The van der Waals surface area contributed by atoms with E-state index in [0.717, 1.165) is 7.11 Å². The second-order valence-electron chi connectivity index (χ2n) is 3.07. The van der Waals surface area contributed by atoms with Crippen molar-refractivity contribution in [2.45, 2.75) is 40.5 Å². The highest BCUT2D eigenvalue weighted by Crippen LogP contribution is 2.13. The Kier molecular flexibility index (Phi) is 11.5. The van der Waals surface area contributed by atoms with Gasteiger partial charge in [0, 0.05) is 7.11 Å². The van der Waals surface area contributed by atoms with Crippen molar-refractivity contribution in [1.82, 2.24) is 0 Å². The maximum absolute atomic E-state index is 7.00. The average Bonchev–Trinajstić information content (AvgIpc) is 2.24. The number of rotatable bonds is 1. The second-order valence-corrected chi connectivity index (χ2v) is 3.07. The summed E-state index contributed by atoms with van der Waals surface area (Å²) in [6.45, 7) is 10.5. The Bertz CT molecular complexity index is 199. The van der Waals surface area contributed by atoms with Crippen LogP contribution in [0.25, 0.3) is 0 Å². The number of hydrogen-bond acceptors (Lipinski definition) is 1. The zero-order chi connectivity index (χ0) is 11.6. The van der Waals surface area contributed by atoms with Crippen LogP contribution in [-0.4, -0.2) is 12.2 Å². The van der Waals surface area contributed by atoms with Crippen LogP contribution in [0.5, 0.6) is 0 Å². The van der Waals surface area contributed by atoms with Gasteiger partial charge in [0.15, 0.2) is 0 Å². The Hall–Kier alpha value is -0.820. The van der Waals surface area contributed by atoms with Gasteiger partial charge in [0.1, 0.15) is 0 Å². The lowest BCUT2D eigenvalue weighted by atomic mass is 10.0. The van der Waals surface area contributed by atoms with Gasteiger partial charge in [0.2, 0.25) is 0 Å². The summed E-state index contributed by atoms with van der Waals surface area (Å²) in [4.78, 5) is 0. The van der Waals surface area contributed by atoms with Gasteiger partial charge in [-0.15, -0.1) is 0 Å². The molecule has 1 rings (SSSR count). The van der Waals surface area contributed by atoms with E-state index in [1.165, 1.54) is 11.1 Å². The van der Waals surface area contributed by atoms with E-state index in [-0.39, 0.29) is 0 Å². The maximum atomic E-state index is 7.00. The molecule has 0 unspecified atom stereocenters. The molecule has 1 aromatic carbocycles. The SMILES string of the molecule is CC.CO.Cc1ccc(C(C)C)cc1. The summed E-state index contributed by atoms with van der Waals surface area (Å²) in [7, 11) is 1.00. The first-order valence-electron chi connectivity index (χ1n) is 5.21. The Balaban J connectivity index is 0.